The minimum absolute atomic E-state index is 0.188. The summed E-state index contributed by atoms with van der Waals surface area (Å²) < 4.78 is 0. The molecule has 5 nitrogen and oxygen atoms in total. The van der Waals surface area contributed by atoms with E-state index in [4.69, 9.17) is 0 Å². The van der Waals surface area contributed by atoms with Gasteiger partial charge in [0.25, 0.3) is 11.8 Å². The average molecular weight is 387 g/mol. The third-order valence-corrected chi connectivity index (χ3v) is 4.22. The maximum absolute atomic E-state index is 13.4. The lowest BCUT2D eigenvalue weighted by Gasteiger charge is -2.24. The molecule has 0 unspecified atom stereocenters. The molecule has 2 amide bonds. The van der Waals surface area contributed by atoms with E-state index in [0.29, 0.717) is 12.1 Å². The van der Waals surface area contributed by atoms with Crippen molar-refractivity contribution in [2.75, 3.05) is 4.90 Å². The number of aromatic nitrogens is 1. The number of anilines is 1. The van der Waals surface area contributed by atoms with Crippen LogP contribution >= 0.6 is 0 Å². The number of amides is 2. The number of hydrogen-bond donors (Lipinski definition) is 1. The van der Waals surface area contributed by atoms with E-state index in [2.05, 4.69) is 10.3 Å². The number of pyridine rings is 1. The van der Waals surface area contributed by atoms with Gasteiger partial charge in [-0.1, -0.05) is 48.5 Å². The molecule has 1 aromatic heterocycles. The molecule has 0 aliphatic heterocycles. The van der Waals surface area contributed by atoms with Crippen LogP contribution in [0.2, 0.25) is 0 Å². The number of para-hydroxylation sites is 1. The Bertz CT molecular complexity index is 980. The second-order valence-corrected chi connectivity index (χ2v) is 7.85. The summed E-state index contributed by atoms with van der Waals surface area (Å²) in [5.41, 5.74) is 2.06. The molecule has 0 spiro atoms. The molecule has 0 fully saturated rings. The topological polar surface area (TPSA) is 62.3 Å². The zero-order valence-corrected chi connectivity index (χ0v) is 16.9. The van der Waals surface area contributed by atoms with E-state index in [1.54, 1.807) is 17.0 Å². The maximum Gasteiger partial charge on any atom is 0.270 e. The summed E-state index contributed by atoms with van der Waals surface area (Å²) in [6, 6.07) is 22.5. The molecule has 3 aromatic rings. The predicted molar refractivity (Wildman–Crippen MR) is 115 cm³/mol. The van der Waals surface area contributed by atoms with Gasteiger partial charge in [-0.25, -0.2) is 0 Å². The molecule has 148 valence electrons. The maximum atomic E-state index is 13.4. The number of nitrogens with zero attached hydrogens (tertiary/aromatic N) is 2. The van der Waals surface area contributed by atoms with E-state index >= 15 is 0 Å². The molecule has 29 heavy (non-hydrogen) atoms. The van der Waals surface area contributed by atoms with Gasteiger partial charge in [-0.2, -0.15) is 0 Å². The number of carbonyl (C=O) groups excluding carboxylic acids is 2. The Morgan fingerprint density at radius 3 is 2.17 bits per heavy atom. The quantitative estimate of drug-likeness (QED) is 0.703. The molecule has 0 saturated carbocycles. The molecule has 0 saturated heterocycles. The van der Waals surface area contributed by atoms with Crippen LogP contribution in [0.5, 0.6) is 0 Å². The molecule has 0 bridgehead atoms. The second-order valence-electron chi connectivity index (χ2n) is 7.85. The van der Waals surface area contributed by atoms with Gasteiger partial charge in [-0.3, -0.25) is 14.6 Å². The highest BCUT2D eigenvalue weighted by Crippen LogP contribution is 2.20. The largest absolute Gasteiger partial charge is 0.346 e. The van der Waals surface area contributed by atoms with E-state index in [-0.39, 0.29) is 23.0 Å². The molecular weight excluding hydrogens is 362 g/mol. The summed E-state index contributed by atoms with van der Waals surface area (Å²) >= 11 is 0. The summed E-state index contributed by atoms with van der Waals surface area (Å²) in [6.07, 6.45) is 1.50. The highest BCUT2D eigenvalue weighted by atomic mass is 16.2. The number of nitrogens with one attached hydrogen (secondary N) is 1. The fourth-order valence-electron chi connectivity index (χ4n) is 2.90. The SMILES string of the molecule is CC(C)(C)NC(=O)c1cc(C(=O)N(Cc2ccccc2)c2ccccc2)ccn1. The minimum atomic E-state index is -0.387. The van der Waals surface area contributed by atoms with Crippen molar-refractivity contribution in [1.82, 2.24) is 10.3 Å². The van der Waals surface area contributed by atoms with Gasteiger partial charge >= 0.3 is 0 Å². The summed E-state index contributed by atoms with van der Waals surface area (Å²) in [4.78, 5) is 31.7. The van der Waals surface area contributed by atoms with Crippen LogP contribution in [0.15, 0.2) is 79.0 Å². The number of rotatable bonds is 5. The molecule has 5 heteroatoms. The Labute approximate surface area is 171 Å². The first-order chi connectivity index (χ1) is 13.8. The van der Waals surface area contributed by atoms with E-state index in [9.17, 15) is 9.59 Å². The fourth-order valence-corrected chi connectivity index (χ4v) is 2.90. The molecule has 0 radical (unpaired) electrons. The van der Waals surface area contributed by atoms with Crippen LogP contribution < -0.4 is 10.2 Å². The first-order valence-electron chi connectivity index (χ1n) is 9.53. The standard InChI is InChI=1S/C24H25N3O2/c1-24(2,3)26-22(28)21-16-19(14-15-25-21)23(29)27(20-12-8-5-9-13-20)17-18-10-6-4-7-11-18/h4-16H,17H2,1-3H3,(H,26,28). The van der Waals surface area contributed by atoms with E-state index < -0.39 is 0 Å². The van der Waals surface area contributed by atoms with Crippen molar-refractivity contribution >= 4 is 17.5 Å². The van der Waals surface area contributed by atoms with Crippen molar-refractivity contribution in [3.05, 3.63) is 95.8 Å². The lowest BCUT2D eigenvalue weighted by Crippen LogP contribution is -2.41. The Morgan fingerprint density at radius 2 is 1.55 bits per heavy atom. The lowest BCUT2D eigenvalue weighted by atomic mass is 10.1. The third kappa shape index (κ3) is 5.51. The van der Waals surface area contributed by atoms with Gasteiger partial charge in [0.05, 0.1) is 6.54 Å². The smallest absolute Gasteiger partial charge is 0.270 e. The number of hydrogen-bond acceptors (Lipinski definition) is 3. The Morgan fingerprint density at radius 1 is 0.931 bits per heavy atom. The van der Waals surface area contributed by atoms with Crippen molar-refractivity contribution in [3.8, 4) is 0 Å². The van der Waals surface area contributed by atoms with Gasteiger partial charge in [-0.05, 0) is 50.6 Å². The normalized spacial score (nSPS) is 11.0. The van der Waals surface area contributed by atoms with Gasteiger partial charge in [0.1, 0.15) is 5.69 Å². The van der Waals surface area contributed by atoms with Gasteiger partial charge in [0, 0.05) is 23.0 Å². The van der Waals surface area contributed by atoms with E-state index in [1.165, 1.54) is 6.20 Å². The highest BCUT2D eigenvalue weighted by Gasteiger charge is 2.21. The molecule has 0 aliphatic carbocycles. The van der Waals surface area contributed by atoms with Gasteiger partial charge in [-0.15, -0.1) is 0 Å². The predicted octanol–water partition coefficient (Wildman–Crippen LogP) is 4.46. The van der Waals surface area contributed by atoms with Crippen molar-refractivity contribution in [2.45, 2.75) is 32.9 Å². The van der Waals surface area contributed by atoms with E-state index in [1.807, 2.05) is 81.4 Å². The first kappa shape index (κ1) is 20.3. The zero-order chi connectivity index (χ0) is 20.9. The summed E-state index contributed by atoms with van der Waals surface area (Å²) in [7, 11) is 0. The Balaban J connectivity index is 1.92. The van der Waals surface area contributed by atoms with Gasteiger partial charge in [0.15, 0.2) is 0 Å². The van der Waals surface area contributed by atoms with Crippen LogP contribution in [0.25, 0.3) is 0 Å². The van der Waals surface area contributed by atoms with Crippen LogP contribution in [0.1, 0.15) is 47.2 Å². The van der Waals surface area contributed by atoms with Gasteiger partial charge < -0.3 is 10.2 Å². The third-order valence-electron chi connectivity index (χ3n) is 4.22. The van der Waals surface area contributed by atoms with Gasteiger partial charge in [0.2, 0.25) is 0 Å². The average Bonchev–Trinajstić information content (AvgIpc) is 2.72. The Kier molecular flexibility index (Phi) is 6.07. The number of benzene rings is 2. The summed E-state index contributed by atoms with van der Waals surface area (Å²) in [5, 5.41) is 2.88. The molecule has 3 rings (SSSR count). The monoisotopic (exact) mass is 387 g/mol. The van der Waals surface area contributed by atoms with Crippen molar-refractivity contribution in [3.63, 3.8) is 0 Å². The molecular formula is C24H25N3O2. The van der Waals surface area contributed by atoms with Crippen LogP contribution in [-0.2, 0) is 6.54 Å². The van der Waals surface area contributed by atoms with Crippen LogP contribution in [0, 0.1) is 0 Å². The van der Waals surface area contributed by atoms with E-state index in [0.717, 1.165) is 11.3 Å². The summed E-state index contributed by atoms with van der Waals surface area (Å²) in [6.45, 7) is 6.13. The van der Waals surface area contributed by atoms with Crippen molar-refractivity contribution < 1.29 is 9.59 Å². The lowest BCUT2D eigenvalue weighted by molar-refractivity contribution is 0.0914. The fraction of sp³-hybridized carbons (Fsp3) is 0.208. The molecule has 0 aliphatic rings. The number of carbonyl (C=O) groups is 2. The zero-order valence-electron chi connectivity index (χ0n) is 16.9. The van der Waals surface area contributed by atoms with Crippen molar-refractivity contribution in [2.24, 2.45) is 0 Å². The van der Waals surface area contributed by atoms with Crippen molar-refractivity contribution in [1.29, 1.82) is 0 Å². The second kappa shape index (κ2) is 8.69. The van der Waals surface area contributed by atoms with Crippen LogP contribution in [0.4, 0.5) is 5.69 Å². The molecule has 0 atom stereocenters. The molecule has 2 aromatic carbocycles. The summed E-state index contributed by atoms with van der Waals surface area (Å²) in [5.74, 6) is -0.492. The highest BCUT2D eigenvalue weighted by molar-refractivity contribution is 6.07. The first-order valence-corrected chi connectivity index (χ1v) is 9.53. The molecule has 1 heterocycles. The Hall–Kier alpha value is -3.47. The van der Waals surface area contributed by atoms with Crippen LogP contribution in [0.3, 0.4) is 0 Å². The minimum Gasteiger partial charge on any atom is -0.346 e. The van der Waals surface area contributed by atoms with Crippen LogP contribution in [-0.4, -0.2) is 22.3 Å². The molecule has 1 N–H and O–H groups in total.